The Hall–Kier alpha value is -1.68. The van der Waals surface area contributed by atoms with Crippen LogP contribution in [0.3, 0.4) is 0 Å². The van der Waals surface area contributed by atoms with E-state index in [0.717, 1.165) is 5.82 Å². The Morgan fingerprint density at radius 1 is 1.15 bits per heavy atom. The van der Waals surface area contributed by atoms with Crippen molar-refractivity contribution in [3.05, 3.63) is 41.0 Å². The lowest BCUT2D eigenvalue weighted by Crippen LogP contribution is -2.56. The van der Waals surface area contributed by atoms with Crippen LogP contribution in [-0.4, -0.2) is 15.9 Å². The maximum absolute atomic E-state index is 6.43. The first-order chi connectivity index (χ1) is 12.2. The molecule has 0 N–H and O–H groups in total. The van der Waals surface area contributed by atoms with Crippen molar-refractivity contribution in [2.75, 3.05) is 0 Å². The molecule has 0 amide bonds. The quantitative estimate of drug-likeness (QED) is 0.727. The Labute approximate surface area is 156 Å². The summed E-state index contributed by atoms with van der Waals surface area (Å²) in [4.78, 5) is 0. The summed E-state index contributed by atoms with van der Waals surface area (Å²) in [7, 11) is 0. The van der Waals surface area contributed by atoms with E-state index in [0.29, 0.717) is 30.1 Å². The van der Waals surface area contributed by atoms with E-state index < -0.39 is 0 Å². The zero-order valence-corrected chi connectivity index (χ0v) is 16.8. The number of aryl methyl sites for hydroxylation is 3. The lowest BCUT2D eigenvalue weighted by atomic mass is 9.70. The number of aromatic nitrogens is 3. The van der Waals surface area contributed by atoms with Crippen molar-refractivity contribution in [1.29, 1.82) is 0 Å². The maximum atomic E-state index is 6.43. The zero-order valence-electron chi connectivity index (χ0n) is 16.8. The van der Waals surface area contributed by atoms with Gasteiger partial charge < -0.3 is 4.74 Å². The average molecular weight is 353 g/mol. The lowest BCUT2D eigenvalue weighted by Gasteiger charge is -2.40. The largest absolute Gasteiger partial charge is 0.363 e. The standard InChI is InChI=1S/C22H30N3O/c1-13-9-14(2)18(15(3)10-13)25-12-24-17(23-25)11-26-20-19(24)16-7-8-22(20,6)21(16,4)5/h9-10,12,16,19-20H,7-8,11H2,1-6H3/q+1/t16?,19?,20?,22-/m1/s1. The van der Waals surface area contributed by atoms with Gasteiger partial charge in [-0.2, -0.15) is 0 Å². The second kappa shape index (κ2) is 4.98. The molecule has 5 rings (SSSR count). The average Bonchev–Trinajstić information content (AvgIpc) is 3.11. The van der Waals surface area contributed by atoms with Gasteiger partial charge in [-0.3, -0.25) is 0 Å². The lowest BCUT2D eigenvalue weighted by molar-refractivity contribution is -0.756. The van der Waals surface area contributed by atoms with E-state index >= 15 is 0 Å². The Kier molecular flexibility index (Phi) is 3.16. The first-order valence-corrected chi connectivity index (χ1v) is 9.93. The van der Waals surface area contributed by atoms with E-state index in [4.69, 9.17) is 9.84 Å². The van der Waals surface area contributed by atoms with Crippen molar-refractivity contribution in [3.63, 3.8) is 0 Å². The summed E-state index contributed by atoms with van der Waals surface area (Å²) >= 11 is 0. The van der Waals surface area contributed by atoms with Gasteiger partial charge in [0.15, 0.2) is 0 Å². The molecule has 4 heteroatoms. The van der Waals surface area contributed by atoms with Gasteiger partial charge in [0.2, 0.25) is 6.33 Å². The molecule has 0 saturated heterocycles. The number of ether oxygens (including phenoxy) is 1. The Morgan fingerprint density at radius 3 is 2.54 bits per heavy atom. The first kappa shape index (κ1) is 16.5. The second-order valence-electron chi connectivity index (χ2n) is 9.64. The topological polar surface area (TPSA) is 30.9 Å². The molecule has 2 aliphatic carbocycles. The number of benzene rings is 1. The molecule has 0 radical (unpaired) electrons. The minimum absolute atomic E-state index is 0.269. The molecule has 3 aliphatic rings. The van der Waals surface area contributed by atoms with Crippen molar-refractivity contribution in [1.82, 2.24) is 9.78 Å². The number of rotatable bonds is 1. The summed E-state index contributed by atoms with van der Waals surface area (Å²) in [6.45, 7) is 14.5. The molecule has 26 heavy (non-hydrogen) atoms. The maximum Gasteiger partial charge on any atom is 0.304 e. The van der Waals surface area contributed by atoms with E-state index in [1.807, 2.05) is 0 Å². The highest BCUT2D eigenvalue weighted by Gasteiger charge is 2.70. The van der Waals surface area contributed by atoms with Crippen LogP contribution in [0.4, 0.5) is 0 Å². The molecule has 1 aromatic carbocycles. The van der Waals surface area contributed by atoms with Crippen LogP contribution < -0.4 is 4.57 Å². The Balaban J connectivity index is 1.63. The predicted octanol–water partition coefficient (Wildman–Crippen LogP) is 3.98. The summed E-state index contributed by atoms with van der Waals surface area (Å²) in [5.74, 6) is 1.73. The van der Waals surface area contributed by atoms with Gasteiger partial charge in [-0.15, -0.1) is 0 Å². The summed E-state index contributed by atoms with van der Waals surface area (Å²) in [6.07, 6.45) is 5.13. The van der Waals surface area contributed by atoms with E-state index in [9.17, 15) is 0 Å². The van der Waals surface area contributed by atoms with Crippen molar-refractivity contribution in [2.45, 2.75) is 73.1 Å². The molecular formula is C22H30N3O+. The van der Waals surface area contributed by atoms with Crippen LogP contribution in [0.2, 0.25) is 0 Å². The van der Waals surface area contributed by atoms with Crippen LogP contribution in [0, 0.1) is 37.5 Å². The van der Waals surface area contributed by atoms with Crippen molar-refractivity contribution in [3.8, 4) is 5.69 Å². The molecule has 4 nitrogen and oxygen atoms in total. The number of hydrogen-bond donors (Lipinski definition) is 0. The van der Waals surface area contributed by atoms with E-state index in [1.54, 1.807) is 0 Å². The molecule has 2 bridgehead atoms. The van der Waals surface area contributed by atoms with Gasteiger partial charge in [0, 0.05) is 16.4 Å². The Morgan fingerprint density at radius 2 is 1.85 bits per heavy atom. The fourth-order valence-corrected chi connectivity index (χ4v) is 6.42. The van der Waals surface area contributed by atoms with Gasteiger partial charge in [-0.25, -0.2) is 4.57 Å². The molecule has 2 saturated carbocycles. The zero-order chi connectivity index (χ0) is 18.4. The first-order valence-electron chi connectivity index (χ1n) is 9.93. The number of hydrogen-bond acceptors (Lipinski definition) is 2. The molecule has 3 unspecified atom stereocenters. The SMILES string of the molecule is Cc1cc(C)c(-n2c[n+]3c(n2)COC2C3C3CC[C@@]2(C)C3(C)C)c(C)c1. The number of nitrogens with zero attached hydrogens (tertiary/aromatic N) is 3. The minimum atomic E-state index is 0.269. The van der Waals surface area contributed by atoms with Crippen LogP contribution in [-0.2, 0) is 11.3 Å². The van der Waals surface area contributed by atoms with Gasteiger partial charge in [0.05, 0.1) is 6.10 Å². The molecule has 2 aromatic rings. The molecule has 0 spiro atoms. The van der Waals surface area contributed by atoms with Crippen LogP contribution in [0.5, 0.6) is 0 Å². The third-order valence-corrected chi connectivity index (χ3v) is 8.06. The van der Waals surface area contributed by atoms with Crippen molar-refractivity contribution < 1.29 is 9.30 Å². The molecule has 138 valence electrons. The van der Waals surface area contributed by atoms with Crippen molar-refractivity contribution in [2.24, 2.45) is 16.7 Å². The third-order valence-electron chi connectivity index (χ3n) is 8.06. The van der Waals surface area contributed by atoms with E-state index in [-0.39, 0.29) is 5.41 Å². The summed E-state index contributed by atoms with van der Waals surface area (Å²) in [5.41, 5.74) is 5.66. The van der Waals surface area contributed by atoms with Crippen LogP contribution >= 0.6 is 0 Å². The van der Waals surface area contributed by atoms with Gasteiger partial charge in [-0.05, 0) is 50.2 Å². The third kappa shape index (κ3) is 1.84. The highest BCUT2D eigenvalue weighted by molar-refractivity contribution is 5.48. The fraction of sp³-hybridized carbons (Fsp3) is 0.636. The van der Waals surface area contributed by atoms with Gasteiger partial charge in [0.25, 0.3) is 0 Å². The van der Waals surface area contributed by atoms with Crippen LogP contribution in [0.15, 0.2) is 18.5 Å². The molecular weight excluding hydrogens is 322 g/mol. The normalized spacial score (nSPS) is 34.0. The van der Waals surface area contributed by atoms with Crippen LogP contribution in [0.25, 0.3) is 5.69 Å². The van der Waals surface area contributed by atoms with Gasteiger partial charge >= 0.3 is 5.82 Å². The smallest absolute Gasteiger partial charge is 0.304 e. The molecule has 2 heterocycles. The Bertz CT molecular complexity index is 889. The molecule has 1 aliphatic heterocycles. The molecule has 4 atom stereocenters. The summed E-state index contributed by atoms with van der Waals surface area (Å²) in [5, 5.41) is 4.94. The van der Waals surface area contributed by atoms with Crippen LogP contribution in [0.1, 0.15) is 62.2 Å². The fourth-order valence-electron chi connectivity index (χ4n) is 6.42. The second-order valence-corrected chi connectivity index (χ2v) is 9.64. The predicted molar refractivity (Wildman–Crippen MR) is 100 cm³/mol. The highest BCUT2D eigenvalue weighted by atomic mass is 16.5. The summed E-state index contributed by atoms with van der Waals surface area (Å²) in [6, 6.07) is 4.91. The number of fused-ring (bicyclic) bond motifs is 7. The minimum Gasteiger partial charge on any atom is -0.363 e. The van der Waals surface area contributed by atoms with Crippen molar-refractivity contribution >= 4 is 0 Å². The van der Waals surface area contributed by atoms with E-state index in [2.05, 4.69) is 69.3 Å². The summed E-state index contributed by atoms with van der Waals surface area (Å²) < 4.78 is 11.0. The van der Waals surface area contributed by atoms with E-state index in [1.165, 1.54) is 35.2 Å². The molecule has 1 aromatic heterocycles. The monoisotopic (exact) mass is 352 g/mol. The van der Waals surface area contributed by atoms with Gasteiger partial charge in [0.1, 0.15) is 18.3 Å². The van der Waals surface area contributed by atoms with Gasteiger partial charge in [-0.1, -0.05) is 43.1 Å². The highest BCUT2D eigenvalue weighted by Crippen LogP contribution is 2.69. The molecule has 2 fully saturated rings.